The van der Waals surface area contributed by atoms with Crippen molar-refractivity contribution in [1.82, 2.24) is 4.90 Å². The van der Waals surface area contributed by atoms with Crippen LogP contribution in [0, 0.1) is 0 Å². The fourth-order valence-corrected chi connectivity index (χ4v) is 4.51. The first-order chi connectivity index (χ1) is 9.24. The van der Waals surface area contributed by atoms with Gasteiger partial charge >= 0.3 is 0 Å². The van der Waals surface area contributed by atoms with Gasteiger partial charge in [-0.25, -0.2) is 0 Å². The average Bonchev–Trinajstić information content (AvgIpc) is 2.94. The molecule has 1 aromatic rings. The number of rotatable bonds is 0. The van der Waals surface area contributed by atoms with Crippen LogP contribution in [0.1, 0.15) is 37.7 Å². The molecule has 2 nitrogen and oxygen atoms in total. The van der Waals surface area contributed by atoms with Crippen LogP contribution in [0.15, 0.2) is 22.7 Å². The van der Waals surface area contributed by atoms with Gasteiger partial charge in [0.1, 0.15) is 11.4 Å². The van der Waals surface area contributed by atoms with Crippen molar-refractivity contribution in [3.8, 4) is 5.75 Å². The Hall–Kier alpha value is -0.540. The van der Waals surface area contributed by atoms with Gasteiger partial charge in [-0.05, 0) is 56.0 Å². The molecule has 4 rings (SSSR count). The molecule has 0 N–H and O–H groups in total. The van der Waals surface area contributed by atoms with E-state index in [1.54, 1.807) is 0 Å². The molecule has 3 heterocycles. The minimum Gasteiger partial charge on any atom is -0.487 e. The van der Waals surface area contributed by atoms with Crippen molar-refractivity contribution in [2.24, 2.45) is 0 Å². The van der Waals surface area contributed by atoms with Gasteiger partial charge < -0.3 is 9.64 Å². The van der Waals surface area contributed by atoms with Gasteiger partial charge in [0.15, 0.2) is 0 Å². The summed E-state index contributed by atoms with van der Waals surface area (Å²) in [5.41, 5.74) is 1.48. The average molecular weight is 322 g/mol. The summed E-state index contributed by atoms with van der Waals surface area (Å²) in [6.45, 7) is 2.53. The molecule has 3 aliphatic rings. The van der Waals surface area contributed by atoms with Crippen LogP contribution in [0.5, 0.6) is 5.75 Å². The Morgan fingerprint density at radius 3 is 3.11 bits per heavy atom. The third-order valence-corrected chi connectivity index (χ3v) is 5.64. The second kappa shape index (κ2) is 4.49. The van der Waals surface area contributed by atoms with Gasteiger partial charge in [-0.15, -0.1) is 0 Å². The summed E-state index contributed by atoms with van der Waals surface area (Å²) in [6, 6.07) is 7.28. The Bertz CT molecular complexity index is 488. The summed E-state index contributed by atoms with van der Waals surface area (Å²) in [7, 11) is 0. The molecule has 0 aliphatic carbocycles. The number of halogens is 1. The Morgan fingerprint density at radius 2 is 2.16 bits per heavy atom. The highest BCUT2D eigenvalue weighted by Crippen LogP contribution is 2.43. The molecule has 2 saturated heterocycles. The summed E-state index contributed by atoms with van der Waals surface area (Å²) in [4.78, 5) is 2.69. The van der Waals surface area contributed by atoms with Gasteiger partial charge in [0.2, 0.25) is 0 Å². The number of ether oxygens (including phenoxy) is 1. The third kappa shape index (κ3) is 2.11. The highest BCUT2D eigenvalue weighted by atomic mass is 79.9. The Balaban J connectivity index is 1.57. The maximum absolute atomic E-state index is 6.39. The summed E-state index contributed by atoms with van der Waals surface area (Å²) in [5.74, 6) is 1.12. The number of nitrogens with zero attached hydrogens (tertiary/aromatic N) is 1. The molecule has 2 atom stereocenters. The van der Waals surface area contributed by atoms with Gasteiger partial charge in [0.25, 0.3) is 0 Å². The molecule has 1 spiro atoms. The molecule has 102 valence electrons. The molecular weight excluding hydrogens is 302 g/mol. The van der Waals surface area contributed by atoms with Gasteiger partial charge in [0.05, 0.1) is 0 Å². The topological polar surface area (TPSA) is 12.5 Å². The van der Waals surface area contributed by atoms with Crippen molar-refractivity contribution in [2.45, 2.75) is 50.2 Å². The van der Waals surface area contributed by atoms with Crippen LogP contribution < -0.4 is 4.74 Å². The summed E-state index contributed by atoms with van der Waals surface area (Å²) in [6.07, 6.45) is 7.62. The van der Waals surface area contributed by atoms with E-state index in [2.05, 4.69) is 39.0 Å². The first kappa shape index (κ1) is 12.2. The predicted octanol–water partition coefficient (Wildman–Crippen LogP) is 3.77. The van der Waals surface area contributed by atoms with E-state index in [0.717, 1.165) is 18.2 Å². The van der Waals surface area contributed by atoms with Crippen molar-refractivity contribution in [3.63, 3.8) is 0 Å². The zero-order valence-electron chi connectivity index (χ0n) is 11.2. The van der Waals surface area contributed by atoms with Crippen LogP contribution in [-0.2, 0) is 6.42 Å². The van der Waals surface area contributed by atoms with Crippen LogP contribution in [0.25, 0.3) is 0 Å². The van der Waals surface area contributed by atoms with Crippen LogP contribution in [0.3, 0.4) is 0 Å². The van der Waals surface area contributed by atoms with Gasteiger partial charge in [-0.3, -0.25) is 0 Å². The summed E-state index contributed by atoms with van der Waals surface area (Å²) < 4.78 is 7.56. The molecule has 0 amide bonds. The number of fused-ring (bicyclic) bond motifs is 2. The molecule has 0 bridgehead atoms. The SMILES string of the molecule is Brc1ccc2c(c1)CC1(CCC3CCCN3CC1)O2. The smallest absolute Gasteiger partial charge is 0.123 e. The first-order valence-electron chi connectivity index (χ1n) is 7.46. The maximum atomic E-state index is 6.39. The molecule has 0 radical (unpaired) electrons. The molecule has 19 heavy (non-hydrogen) atoms. The van der Waals surface area contributed by atoms with E-state index in [1.807, 2.05) is 0 Å². The molecule has 3 heteroatoms. The maximum Gasteiger partial charge on any atom is 0.123 e. The van der Waals surface area contributed by atoms with E-state index < -0.39 is 0 Å². The number of benzene rings is 1. The van der Waals surface area contributed by atoms with Crippen molar-refractivity contribution in [1.29, 1.82) is 0 Å². The van der Waals surface area contributed by atoms with Gasteiger partial charge in [0, 0.05) is 29.9 Å². The molecule has 1 aromatic carbocycles. The van der Waals surface area contributed by atoms with Crippen molar-refractivity contribution in [2.75, 3.05) is 13.1 Å². The van der Waals surface area contributed by atoms with Gasteiger partial charge in [-0.2, -0.15) is 0 Å². The second-order valence-electron chi connectivity index (χ2n) is 6.33. The molecular formula is C16H20BrNO. The van der Waals surface area contributed by atoms with Crippen molar-refractivity contribution < 1.29 is 4.74 Å². The summed E-state index contributed by atoms with van der Waals surface area (Å²) in [5, 5.41) is 0. The predicted molar refractivity (Wildman–Crippen MR) is 79.7 cm³/mol. The number of hydrogen-bond acceptors (Lipinski definition) is 2. The quantitative estimate of drug-likeness (QED) is 0.721. The van der Waals surface area contributed by atoms with Crippen LogP contribution >= 0.6 is 15.9 Å². The molecule has 2 fully saturated rings. The van der Waals surface area contributed by atoms with Crippen molar-refractivity contribution >= 4 is 15.9 Å². The minimum absolute atomic E-state index is 0.0907. The first-order valence-corrected chi connectivity index (χ1v) is 8.25. The Labute approximate surface area is 123 Å². The lowest BCUT2D eigenvalue weighted by Gasteiger charge is -2.27. The number of hydrogen-bond donors (Lipinski definition) is 0. The molecule has 2 unspecified atom stereocenters. The minimum atomic E-state index is 0.0907. The van der Waals surface area contributed by atoms with E-state index in [0.29, 0.717) is 0 Å². The molecule has 0 aromatic heterocycles. The highest BCUT2D eigenvalue weighted by Gasteiger charge is 2.43. The zero-order valence-corrected chi connectivity index (χ0v) is 12.8. The van der Waals surface area contributed by atoms with E-state index >= 15 is 0 Å². The van der Waals surface area contributed by atoms with Gasteiger partial charge in [-0.1, -0.05) is 15.9 Å². The normalized spacial score (nSPS) is 33.8. The van der Waals surface area contributed by atoms with Crippen LogP contribution in [0.2, 0.25) is 0 Å². The Kier molecular flexibility index (Phi) is 2.89. The largest absolute Gasteiger partial charge is 0.487 e. The van der Waals surface area contributed by atoms with Crippen LogP contribution in [-0.4, -0.2) is 29.6 Å². The monoisotopic (exact) mass is 321 g/mol. The fourth-order valence-electron chi connectivity index (χ4n) is 4.10. The summed E-state index contributed by atoms with van der Waals surface area (Å²) >= 11 is 3.57. The standard InChI is InChI=1S/C16H20BrNO/c17-13-3-4-15-12(10-13)11-16(19-15)6-5-14-2-1-8-18(14)9-7-16/h3-4,10,14H,1-2,5-9,11H2. The molecule has 0 saturated carbocycles. The lowest BCUT2D eigenvalue weighted by Crippen LogP contribution is -2.35. The molecule has 3 aliphatic heterocycles. The van der Waals surface area contributed by atoms with E-state index in [-0.39, 0.29) is 5.60 Å². The Morgan fingerprint density at radius 1 is 1.21 bits per heavy atom. The highest BCUT2D eigenvalue weighted by molar-refractivity contribution is 9.10. The van der Waals surface area contributed by atoms with Crippen LogP contribution in [0.4, 0.5) is 0 Å². The van der Waals surface area contributed by atoms with E-state index in [9.17, 15) is 0 Å². The lowest BCUT2D eigenvalue weighted by molar-refractivity contribution is 0.0771. The van der Waals surface area contributed by atoms with Crippen molar-refractivity contribution in [3.05, 3.63) is 28.2 Å². The fraction of sp³-hybridized carbons (Fsp3) is 0.625. The second-order valence-corrected chi connectivity index (χ2v) is 7.25. The lowest BCUT2D eigenvalue weighted by atomic mass is 9.88. The van der Waals surface area contributed by atoms with E-state index in [4.69, 9.17) is 4.74 Å². The third-order valence-electron chi connectivity index (χ3n) is 5.15. The van der Waals surface area contributed by atoms with E-state index in [1.165, 1.54) is 55.2 Å². The zero-order chi connectivity index (χ0) is 12.9.